The molecule has 41 nitrogen and oxygen atoms in total. The van der Waals surface area contributed by atoms with Gasteiger partial charge in [-0.25, -0.2) is 9.78 Å². The van der Waals surface area contributed by atoms with Crippen molar-refractivity contribution in [2.24, 2.45) is 23.3 Å². The third-order valence-corrected chi connectivity index (χ3v) is 16.5. The lowest BCUT2D eigenvalue weighted by atomic mass is 10.0. The van der Waals surface area contributed by atoms with Crippen LogP contribution >= 0.6 is 12.6 Å². The summed E-state index contributed by atoms with van der Waals surface area (Å²) in [6, 6.07) is -7.23. The lowest BCUT2D eigenvalue weighted by Crippen LogP contribution is -2.61. The summed E-state index contributed by atoms with van der Waals surface area (Å²) < 4.78 is 0. The number of carbonyl (C=O) groups is 18. The molecule has 0 bridgehead atoms. The van der Waals surface area contributed by atoms with E-state index in [0.29, 0.717) is 11.3 Å². The van der Waals surface area contributed by atoms with Crippen molar-refractivity contribution in [3.8, 4) is 5.75 Å². The number of thiol groups is 1. The number of nitrogens with one attached hydrogen (secondary N) is 13. The van der Waals surface area contributed by atoms with Crippen molar-refractivity contribution in [1.29, 1.82) is 0 Å². The van der Waals surface area contributed by atoms with Crippen LogP contribution in [0.1, 0.15) is 115 Å². The van der Waals surface area contributed by atoms with Gasteiger partial charge in [-0.05, 0) is 73.6 Å². The molecule has 0 aliphatic carbocycles. The first kappa shape index (κ1) is 92.4. The van der Waals surface area contributed by atoms with Crippen LogP contribution in [0.4, 0.5) is 0 Å². The molecule has 2 aromatic carbocycles. The van der Waals surface area contributed by atoms with E-state index in [1.807, 2.05) is 0 Å². The molecular weight excluding hydrogens is 1470 g/mol. The second-order valence-corrected chi connectivity index (χ2v) is 26.6. The molecule has 0 unspecified atom stereocenters. The molecule has 3 rings (SSSR count). The number of carboxylic acids is 5. The maximum atomic E-state index is 14.3. The second kappa shape index (κ2) is 47.1. The standard InChI is InChI=1S/C68H96N16O25S/c1-33(2)22-44(79-66(106)49(30-85)83-65(105)46(24-36-10-12-38(86)13-11-36)74-52(88)29-72-58(98)47(27-56(95)96)81-60(100)40(14-18-51(70)87)75-57(97)39(69)26-37-28-71-32-73-37)63(103)77-41(15-19-53(89)90)59(99)76-43(17-21-55(93)94)62(102)84-50(31-110)67(107)80-45(23-34(3)4)64(104)78-42(16-20-54(91)92)61(101)82-48(68(108)109)25-35-8-6-5-7-9-35/h5-13,28,32-34,39-50,85-86,110H,14-27,29-31,69H2,1-4H3,(H2,70,87)(H,71,73)(H,72,98)(H,74,88)(H,75,97)(H,76,99)(H,77,103)(H,78,104)(H,79,106)(H,80,107)(H,81,100)(H,82,101)(H,83,105)(H,84,102)(H,89,90)(H,91,92)(H,93,94)(H,95,96)(H,108,109)/t39-,40-,41-,42-,43-,44-,45-,46-,47-,48-,49-,50-/m0/s1. The van der Waals surface area contributed by atoms with Gasteiger partial charge in [-0.15, -0.1) is 0 Å². The molecule has 1 aromatic heterocycles. The normalized spacial score (nSPS) is 14.3. The van der Waals surface area contributed by atoms with Crippen LogP contribution in [0, 0.1) is 11.8 Å². The SMILES string of the molecule is CC(C)C[C@H](NC(=O)[C@H](CS)NC(=O)[C@H](CCC(=O)O)NC(=O)[C@H](CCC(=O)O)NC(=O)[C@H](CC(C)C)NC(=O)[C@H](CO)NC(=O)[C@H](Cc1ccc(O)cc1)NC(=O)CNC(=O)[C@H](CC(=O)O)NC(=O)[C@H](CCC(N)=O)NC(=O)[C@@H](N)Cc1cnc[nH]1)C(=O)N[C@@H](CCC(=O)O)C(=O)N[C@@H](Cc1ccccc1)C(=O)O. The van der Waals surface area contributed by atoms with Gasteiger partial charge in [-0.3, -0.25) is 81.5 Å². The minimum atomic E-state index is -1.97. The Balaban J connectivity index is 1.85. The minimum absolute atomic E-state index is 0.0821. The van der Waals surface area contributed by atoms with Crippen LogP contribution in [0.5, 0.6) is 5.75 Å². The summed E-state index contributed by atoms with van der Waals surface area (Å²) in [4.78, 5) is 244. The van der Waals surface area contributed by atoms with Crippen molar-refractivity contribution in [2.75, 3.05) is 18.9 Å². The number of aliphatic carboxylic acids is 5. The van der Waals surface area contributed by atoms with E-state index in [1.165, 1.54) is 36.8 Å². The molecule has 24 N–H and O–H groups in total. The predicted molar refractivity (Wildman–Crippen MR) is 385 cm³/mol. The number of nitrogens with two attached hydrogens (primary N) is 2. The molecule has 0 fully saturated rings. The molecule has 0 saturated heterocycles. The number of hydrogen-bond donors (Lipinski definition) is 23. The predicted octanol–water partition coefficient (Wildman–Crippen LogP) is -5.65. The molecule has 3 aromatic rings. The van der Waals surface area contributed by atoms with E-state index in [2.05, 4.69) is 86.4 Å². The van der Waals surface area contributed by atoms with Crippen LogP contribution in [0.15, 0.2) is 67.1 Å². The Labute approximate surface area is 634 Å². The first-order valence-electron chi connectivity index (χ1n) is 34.5. The van der Waals surface area contributed by atoms with E-state index in [0.717, 1.165) is 0 Å². The number of nitrogens with zero attached hydrogens (tertiary/aromatic N) is 1. The number of aromatic hydroxyl groups is 1. The Hall–Kier alpha value is -11.8. The first-order valence-corrected chi connectivity index (χ1v) is 35.2. The van der Waals surface area contributed by atoms with Gasteiger partial charge in [-0.1, -0.05) is 70.2 Å². The summed E-state index contributed by atoms with van der Waals surface area (Å²) in [5.74, 6) is -24.0. The number of aromatic amines is 1. The largest absolute Gasteiger partial charge is 0.508 e. The van der Waals surface area contributed by atoms with Crippen LogP contribution in [0.3, 0.4) is 0 Å². The number of H-pyrrole nitrogens is 1. The van der Waals surface area contributed by atoms with E-state index in [1.54, 1.807) is 58.0 Å². The Kier molecular flexibility index (Phi) is 39.5. The minimum Gasteiger partial charge on any atom is -0.508 e. The fourth-order valence-electron chi connectivity index (χ4n) is 10.5. The molecule has 0 aliphatic heterocycles. The Morgan fingerprint density at radius 3 is 1.24 bits per heavy atom. The highest BCUT2D eigenvalue weighted by atomic mass is 32.1. The number of primary amides is 1. The Morgan fingerprint density at radius 1 is 0.436 bits per heavy atom. The molecule has 0 radical (unpaired) electrons. The average molecular weight is 1570 g/mol. The molecule has 0 saturated carbocycles. The monoisotopic (exact) mass is 1570 g/mol. The van der Waals surface area contributed by atoms with Gasteiger partial charge >= 0.3 is 29.8 Å². The van der Waals surface area contributed by atoms with Crippen LogP contribution in [-0.4, -0.2) is 244 Å². The van der Waals surface area contributed by atoms with E-state index in [-0.39, 0.29) is 42.9 Å². The zero-order valence-electron chi connectivity index (χ0n) is 60.5. The van der Waals surface area contributed by atoms with E-state index in [9.17, 15) is 122 Å². The average Bonchev–Trinajstić information content (AvgIpc) is 0.952. The van der Waals surface area contributed by atoms with Gasteiger partial charge in [0, 0.05) is 62.6 Å². The molecule has 110 heavy (non-hydrogen) atoms. The highest BCUT2D eigenvalue weighted by Crippen LogP contribution is 2.15. The van der Waals surface area contributed by atoms with Crippen molar-refractivity contribution in [3.63, 3.8) is 0 Å². The zero-order chi connectivity index (χ0) is 82.5. The maximum absolute atomic E-state index is 14.3. The number of benzene rings is 2. The maximum Gasteiger partial charge on any atom is 0.326 e. The summed E-state index contributed by atoms with van der Waals surface area (Å²) >= 11 is 4.17. The Morgan fingerprint density at radius 2 is 0.818 bits per heavy atom. The number of carbonyl (C=O) groups excluding carboxylic acids is 13. The van der Waals surface area contributed by atoms with Gasteiger partial charge in [0.2, 0.25) is 76.8 Å². The molecular formula is C68H96N16O25S. The van der Waals surface area contributed by atoms with Crippen LogP contribution in [0.2, 0.25) is 0 Å². The number of amides is 13. The van der Waals surface area contributed by atoms with Crippen LogP contribution in [-0.2, 0) is 106 Å². The van der Waals surface area contributed by atoms with Crippen molar-refractivity contribution >= 4 is 119 Å². The highest BCUT2D eigenvalue weighted by molar-refractivity contribution is 7.80. The molecule has 1 heterocycles. The lowest BCUT2D eigenvalue weighted by Gasteiger charge is -2.28. The first-order chi connectivity index (χ1) is 51.8. The number of aliphatic hydroxyl groups excluding tert-OH is 1. The molecule has 0 spiro atoms. The second-order valence-electron chi connectivity index (χ2n) is 26.3. The number of aromatic nitrogens is 2. The fraction of sp³-hybridized carbons (Fsp3) is 0.515. The zero-order valence-corrected chi connectivity index (χ0v) is 61.4. The third-order valence-electron chi connectivity index (χ3n) is 16.2. The highest BCUT2D eigenvalue weighted by Gasteiger charge is 2.38. The van der Waals surface area contributed by atoms with Crippen molar-refractivity contribution in [3.05, 3.63) is 83.9 Å². The van der Waals surface area contributed by atoms with Crippen LogP contribution in [0.25, 0.3) is 0 Å². The van der Waals surface area contributed by atoms with Crippen molar-refractivity contribution < 1.29 is 122 Å². The van der Waals surface area contributed by atoms with Crippen molar-refractivity contribution in [2.45, 2.75) is 190 Å². The van der Waals surface area contributed by atoms with E-state index in [4.69, 9.17) is 11.5 Å². The smallest absolute Gasteiger partial charge is 0.326 e. The number of phenols is 1. The van der Waals surface area contributed by atoms with E-state index < -0.39 is 268 Å². The molecule has 0 aliphatic rings. The van der Waals surface area contributed by atoms with Gasteiger partial charge in [-0.2, -0.15) is 12.6 Å². The number of phenolic OH excluding ortho intramolecular Hbond substituents is 1. The van der Waals surface area contributed by atoms with Gasteiger partial charge < -0.3 is 116 Å². The van der Waals surface area contributed by atoms with Gasteiger partial charge in [0.25, 0.3) is 0 Å². The summed E-state index contributed by atoms with van der Waals surface area (Å²) in [6.45, 7) is 4.22. The fourth-order valence-corrected chi connectivity index (χ4v) is 10.7. The van der Waals surface area contributed by atoms with Gasteiger partial charge in [0.05, 0.1) is 31.9 Å². The molecule has 13 amide bonds. The lowest BCUT2D eigenvalue weighted by molar-refractivity contribution is -0.143. The Bertz CT molecular complexity index is 3700. The molecule has 12 atom stereocenters. The topological polar surface area (TPSA) is 674 Å². The number of carboxylic acid groups (broad SMARTS) is 5. The third kappa shape index (κ3) is 34.8. The number of hydrogen-bond acceptors (Lipinski definition) is 23. The summed E-state index contributed by atoms with van der Waals surface area (Å²) in [6.07, 6.45) is -4.78. The van der Waals surface area contributed by atoms with Gasteiger partial charge in [0.1, 0.15) is 72.2 Å². The van der Waals surface area contributed by atoms with E-state index >= 15 is 0 Å². The molecule has 604 valence electrons. The number of aliphatic hydroxyl groups is 1. The summed E-state index contributed by atoms with van der Waals surface area (Å²) in [7, 11) is 0. The molecule has 42 heteroatoms. The quantitative estimate of drug-likeness (QED) is 0.0234. The number of imidazole rings is 1. The van der Waals surface area contributed by atoms with Crippen LogP contribution < -0.4 is 75.3 Å². The summed E-state index contributed by atoms with van der Waals surface area (Å²) in [5.41, 5.74) is 12.5. The number of rotatable bonds is 51. The summed E-state index contributed by atoms with van der Waals surface area (Å²) in [5, 5.41) is 96.5. The van der Waals surface area contributed by atoms with Gasteiger partial charge in [0.15, 0.2) is 0 Å². The van der Waals surface area contributed by atoms with Crippen molar-refractivity contribution in [1.82, 2.24) is 73.8 Å².